The Labute approximate surface area is 113 Å². The number of hydrogen-bond acceptors (Lipinski definition) is 2. The number of hydrogen-bond donors (Lipinski definition) is 0. The van der Waals surface area contributed by atoms with Crippen LogP contribution in [0.3, 0.4) is 0 Å². The lowest BCUT2D eigenvalue weighted by atomic mass is 10.1. The molecule has 3 rings (SSSR count). The summed E-state index contributed by atoms with van der Waals surface area (Å²) in [5.41, 5.74) is 2.37. The standard InChI is InChI=1S/C16H20N2O/c1-4-18-9-13(12-7-5-6-8-15(12)18)16-17-14(10-19-16)11(2)3/h5-9,11,14H,4,10H2,1-3H3/t14-/m0/s1. The van der Waals surface area contributed by atoms with Crippen LogP contribution in [-0.4, -0.2) is 23.1 Å². The zero-order chi connectivity index (χ0) is 13.4. The molecule has 0 N–H and O–H groups in total. The number of aliphatic imine (C=N–C) groups is 1. The van der Waals surface area contributed by atoms with Gasteiger partial charge < -0.3 is 9.30 Å². The second kappa shape index (κ2) is 4.72. The summed E-state index contributed by atoms with van der Waals surface area (Å²) in [5, 5.41) is 1.23. The second-order valence-corrected chi connectivity index (χ2v) is 5.40. The number of fused-ring (bicyclic) bond motifs is 1. The summed E-state index contributed by atoms with van der Waals surface area (Å²) in [4.78, 5) is 4.74. The van der Waals surface area contributed by atoms with E-state index in [1.807, 2.05) is 0 Å². The van der Waals surface area contributed by atoms with E-state index < -0.39 is 0 Å². The summed E-state index contributed by atoms with van der Waals surface area (Å²) < 4.78 is 8.06. The number of aryl methyl sites for hydroxylation is 1. The van der Waals surface area contributed by atoms with Crippen molar-refractivity contribution in [3.8, 4) is 0 Å². The molecule has 0 unspecified atom stereocenters. The molecule has 100 valence electrons. The quantitative estimate of drug-likeness (QED) is 0.826. The molecule has 1 aromatic carbocycles. The van der Waals surface area contributed by atoms with E-state index in [0.717, 1.165) is 18.0 Å². The fraction of sp³-hybridized carbons (Fsp3) is 0.438. The van der Waals surface area contributed by atoms with E-state index >= 15 is 0 Å². The molecule has 19 heavy (non-hydrogen) atoms. The van der Waals surface area contributed by atoms with Gasteiger partial charge in [0.25, 0.3) is 0 Å². The highest BCUT2D eigenvalue weighted by atomic mass is 16.5. The summed E-state index contributed by atoms with van der Waals surface area (Å²) >= 11 is 0. The Hall–Kier alpha value is -1.77. The van der Waals surface area contributed by atoms with Crippen molar-refractivity contribution < 1.29 is 4.74 Å². The van der Waals surface area contributed by atoms with Gasteiger partial charge in [0.2, 0.25) is 5.90 Å². The minimum atomic E-state index is 0.290. The maximum absolute atomic E-state index is 5.82. The Balaban J connectivity index is 2.09. The number of nitrogens with zero attached hydrogens (tertiary/aromatic N) is 2. The molecule has 0 aliphatic carbocycles. The maximum Gasteiger partial charge on any atom is 0.218 e. The summed E-state index contributed by atoms with van der Waals surface area (Å²) in [5.74, 6) is 1.33. The summed E-state index contributed by atoms with van der Waals surface area (Å²) in [7, 11) is 0. The fourth-order valence-corrected chi connectivity index (χ4v) is 2.56. The van der Waals surface area contributed by atoms with Crippen LogP contribution in [0.25, 0.3) is 10.9 Å². The molecule has 2 heterocycles. The predicted octanol–water partition coefficient (Wildman–Crippen LogP) is 3.46. The van der Waals surface area contributed by atoms with E-state index in [9.17, 15) is 0 Å². The first-order valence-electron chi connectivity index (χ1n) is 6.99. The third-order valence-electron chi connectivity index (χ3n) is 3.80. The van der Waals surface area contributed by atoms with E-state index in [2.05, 4.69) is 55.8 Å². The lowest BCUT2D eigenvalue weighted by molar-refractivity contribution is 0.292. The molecule has 2 aromatic rings. The van der Waals surface area contributed by atoms with Crippen LogP contribution in [0.2, 0.25) is 0 Å². The van der Waals surface area contributed by atoms with E-state index in [1.165, 1.54) is 10.9 Å². The van der Waals surface area contributed by atoms with Crippen molar-refractivity contribution in [2.75, 3.05) is 6.61 Å². The third-order valence-corrected chi connectivity index (χ3v) is 3.80. The lowest BCUT2D eigenvalue weighted by Crippen LogP contribution is -2.13. The monoisotopic (exact) mass is 256 g/mol. The molecule has 1 aliphatic heterocycles. The molecule has 0 saturated heterocycles. The molecule has 0 bridgehead atoms. The van der Waals surface area contributed by atoms with E-state index in [1.54, 1.807) is 0 Å². The molecule has 0 spiro atoms. The van der Waals surface area contributed by atoms with Crippen molar-refractivity contribution in [2.24, 2.45) is 10.9 Å². The van der Waals surface area contributed by atoms with Crippen molar-refractivity contribution in [3.63, 3.8) is 0 Å². The van der Waals surface area contributed by atoms with Gasteiger partial charge in [0.15, 0.2) is 0 Å². The first-order valence-corrected chi connectivity index (χ1v) is 6.99. The highest BCUT2D eigenvalue weighted by Gasteiger charge is 2.24. The minimum Gasteiger partial charge on any atom is -0.475 e. The van der Waals surface area contributed by atoms with Crippen molar-refractivity contribution >= 4 is 16.8 Å². The van der Waals surface area contributed by atoms with Crippen LogP contribution >= 0.6 is 0 Å². The number of para-hydroxylation sites is 1. The maximum atomic E-state index is 5.82. The van der Waals surface area contributed by atoms with E-state index in [0.29, 0.717) is 18.6 Å². The molecule has 3 nitrogen and oxygen atoms in total. The summed E-state index contributed by atoms with van der Waals surface area (Å²) in [6.07, 6.45) is 2.16. The number of benzene rings is 1. The normalized spacial score (nSPS) is 18.9. The lowest BCUT2D eigenvalue weighted by Gasteiger charge is -2.06. The smallest absolute Gasteiger partial charge is 0.218 e. The van der Waals surface area contributed by atoms with E-state index in [-0.39, 0.29) is 0 Å². The fourth-order valence-electron chi connectivity index (χ4n) is 2.56. The molecular weight excluding hydrogens is 236 g/mol. The largest absolute Gasteiger partial charge is 0.475 e. The number of rotatable bonds is 3. The van der Waals surface area contributed by atoms with Gasteiger partial charge in [0.1, 0.15) is 6.61 Å². The Morgan fingerprint density at radius 2 is 2.16 bits per heavy atom. The molecule has 1 aliphatic rings. The van der Waals surface area contributed by atoms with Crippen molar-refractivity contribution in [3.05, 3.63) is 36.0 Å². The molecule has 0 amide bonds. The second-order valence-electron chi connectivity index (χ2n) is 5.40. The van der Waals surface area contributed by atoms with Crippen LogP contribution in [0.1, 0.15) is 26.3 Å². The van der Waals surface area contributed by atoms with Gasteiger partial charge in [-0.2, -0.15) is 0 Å². The average Bonchev–Trinajstić information content (AvgIpc) is 3.03. The van der Waals surface area contributed by atoms with Crippen LogP contribution in [0.5, 0.6) is 0 Å². The SMILES string of the molecule is CCn1cc(C2=N[C@H](C(C)C)CO2)c2ccccc21. The average molecular weight is 256 g/mol. The van der Waals surface area contributed by atoms with Gasteiger partial charge in [-0.05, 0) is 18.9 Å². The Kier molecular flexibility index (Phi) is 3.05. The van der Waals surface area contributed by atoms with Crippen LogP contribution in [0.4, 0.5) is 0 Å². The predicted molar refractivity (Wildman–Crippen MR) is 78.7 cm³/mol. The molecule has 0 fully saturated rings. The van der Waals surface area contributed by atoms with Gasteiger partial charge in [-0.1, -0.05) is 32.0 Å². The van der Waals surface area contributed by atoms with Crippen LogP contribution < -0.4 is 0 Å². The first kappa shape index (κ1) is 12.3. The minimum absolute atomic E-state index is 0.290. The van der Waals surface area contributed by atoms with Gasteiger partial charge in [0, 0.05) is 23.6 Å². The van der Waals surface area contributed by atoms with Gasteiger partial charge in [-0.3, -0.25) is 0 Å². The molecule has 1 aromatic heterocycles. The number of aromatic nitrogens is 1. The molecule has 3 heteroatoms. The van der Waals surface area contributed by atoms with Gasteiger partial charge in [0.05, 0.1) is 11.6 Å². The Bertz CT molecular complexity index is 625. The van der Waals surface area contributed by atoms with Crippen molar-refractivity contribution in [1.82, 2.24) is 4.57 Å². The molecule has 0 radical (unpaired) electrons. The zero-order valence-corrected chi connectivity index (χ0v) is 11.8. The highest BCUT2D eigenvalue weighted by molar-refractivity contribution is 6.07. The zero-order valence-electron chi connectivity index (χ0n) is 11.8. The van der Waals surface area contributed by atoms with Crippen molar-refractivity contribution in [1.29, 1.82) is 0 Å². The summed E-state index contributed by atoms with van der Waals surface area (Å²) in [6.45, 7) is 8.20. The highest BCUT2D eigenvalue weighted by Crippen LogP contribution is 2.25. The molecular formula is C16H20N2O. The van der Waals surface area contributed by atoms with Gasteiger partial charge in [-0.25, -0.2) is 4.99 Å². The topological polar surface area (TPSA) is 26.5 Å². The Morgan fingerprint density at radius 3 is 2.84 bits per heavy atom. The van der Waals surface area contributed by atoms with Gasteiger partial charge >= 0.3 is 0 Å². The first-order chi connectivity index (χ1) is 9.20. The van der Waals surface area contributed by atoms with Crippen LogP contribution in [0.15, 0.2) is 35.5 Å². The van der Waals surface area contributed by atoms with E-state index in [4.69, 9.17) is 9.73 Å². The summed E-state index contributed by atoms with van der Waals surface area (Å²) in [6, 6.07) is 8.73. The van der Waals surface area contributed by atoms with Crippen molar-refractivity contribution in [2.45, 2.75) is 33.4 Å². The molecule has 1 atom stereocenters. The number of ether oxygens (including phenoxy) is 1. The van der Waals surface area contributed by atoms with Gasteiger partial charge in [-0.15, -0.1) is 0 Å². The van der Waals surface area contributed by atoms with Crippen LogP contribution in [0, 0.1) is 5.92 Å². The Morgan fingerprint density at radius 1 is 1.37 bits per heavy atom. The third kappa shape index (κ3) is 2.03. The van der Waals surface area contributed by atoms with Crippen LogP contribution in [-0.2, 0) is 11.3 Å². The molecule has 0 saturated carbocycles.